The molecule has 0 aromatic carbocycles. The van der Waals surface area contributed by atoms with Crippen molar-refractivity contribution in [3.63, 3.8) is 0 Å². The highest BCUT2D eigenvalue weighted by Crippen LogP contribution is 2.40. The monoisotopic (exact) mass is 255 g/mol. The fourth-order valence-corrected chi connectivity index (χ4v) is 4.32. The highest BCUT2D eigenvalue weighted by molar-refractivity contribution is 7.53. The van der Waals surface area contributed by atoms with Crippen molar-refractivity contribution in [2.45, 2.75) is 52.9 Å². The summed E-state index contributed by atoms with van der Waals surface area (Å²) in [6.07, 6.45) is 12.3. The van der Waals surface area contributed by atoms with Gasteiger partial charge in [-0.3, -0.25) is 0 Å². The minimum absolute atomic E-state index is 0.489. The normalized spacial score (nSPS) is 22.5. The Balaban J connectivity index is 2.17. The van der Waals surface area contributed by atoms with E-state index in [1.54, 1.807) is 0 Å². The fourth-order valence-electron chi connectivity index (χ4n) is 2.47. The highest BCUT2D eigenvalue weighted by Gasteiger charge is 2.17. The number of allylic oxidation sites excluding steroid dienone is 1. The van der Waals surface area contributed by atoms with Crippen molar-refractivity contribution in [1.82, 2.24) is 4.67 Å². The van der Waals surface area contributed by atoms with Gasteiger partial charge >= 0.3 is 0 Å². The van der Waals surface area contributed by atoms with Crippen molar-refractivity contribution in [1.29, 1.82) is 0 Å². The van der Waals surface area contributed by atoms with Gasteiger partial charge in [0.1, 0.15) is 0 Å². The number of hydrogen-bond acceptors (Lipinski definition) is 1. The quantitative estimate of drug-likeness (QED) is 0.600. The van der Waals surface area contributed by atoms with E-state index in [1.165, 1.54) is 50.5 Å². The number of hydrogen-bond donors (Lipinski definition) is 0. The molecule has 1 saturated heterocycles. The lowest BCUT2D eigenvalue weighted by molar-refractivity contribution is 0.404. The first-order valence-corrected chi connectivity index (χ1v) is 9.00. The minimum atomic E-state index is -0.489. The van der Waals surface area contributed by atoms with Gasteiger partial charge in [-0.25, -0.2) is 0 Å². The standard InChI is InChI=1S/C15H30NP/c1-13(2)7-6-8-14(3)9-11-16-15(4)10-12-17(16)5/h13-14,17H,4-12H2,1-3H3. The molecule has 1 nitrogen and oxygen atoms in total. The molecule has 0 N–H and O–H groups in total. The smallest absolute Gasteiger partial charge is 0.0212 e. The van der Waals surface area contributed by atoms with E-state index in [9.17, 15) is 0 Å². The third-order valence-electron chi connectivity index (χ3n) is 3.79. The summed E-state index contributed by atoms with van der Waals surface area (Å²) in [5.74, 6) is 1.71. The maximum Gasteiger partial charge on any atom is 0.0212 e. The zero-order chi connectivity index (χ0) is 12.8. The molecule has 0 saturated carbocycles. The Morgan fingerprint density at radius 3 is 2.47 bits per heavy atom. The highest BCUT2D eigenvalue weighted by atomic mass is 31.1. The largest absolute Gasteiger partial charge is 0.359 e. The van der Waals surface area contributed by atoms with Crippen LogP contribution in [0.1, 0.15) is 52.9 Å². The van der Waals surface area contributed by atoms with Crippen LogP contribution >= 0.6 is 7.70 Å². The average Bonchev–Trinajstić information content (AvgIpc) is 2.55. The van der Waals surface area contributed by atoms with Crippen LogP contribution in [0, 0.1) is 11.8 Å². The van der Waals surface area contributed by atoms with Crippen LogP contribution in [0.3, 0.4) is 0 Å². The lowest BCUT2D eigenvalue weighted by Crippen LogP contribution is -2.14. The van der Waals surface area contributed by atoms with Gasteiger partial charge in [0, 0.05) is 12.2 Å². The summed E-state index contributed by atoms with van der Waals surface area (Å²) >= 11 is 0. The zero-order valence-electron chi connectivity index (χ0n) is 12.0. The van der Waals surface area contributed by atoms with E-state index in [-0.39, 0.29) is 0 Å². The Bertz CT molecular complexity index is 254. The summed E-state index contributed by atoms with van der Waals surface area (Å²) in [4.78, 5) is 0. The first kappa shape index (κ1) is 14.9. The van der Waals surface area contributed by atoms with E-state index >= 15 is 0 Å². The van der Waals surface area contributed by atoms with Gasteiger partial charge in [0.25, 0.3) is 0 Å². The molecule has 2 unspecified atom stereocenters. The summed E-state index contributed by atoms with van der Waals surface area (Å²) in [5, 5.41) is 0. The van der Waals surface area contributed by atoms with E-state index in [1.807, 2.05) is 0 Å². The first-order chi connectivity index (χ1) is 8.00. The molecular formula is C15H30NP. The predicted molar refractivity (Wildman–Crippen MR) is 83.2 cm³/mol. The molecule has 100 valence electrons. The molecule has 0 spiro atoms. The van der Waals surface area contributed by atoms with Gasteiger partial charge in [-0.15, -0.1) is 0 Å². The van der Waals surface area contributed by atoms with Crippen molar-refractivity contribution in [3.05, 3.63) is 12.3 Å². The molecule has 1 fully saturated rings. The second kappa shape index (κ2) is 7.31. The lowest BCUT2D eigenvalue weighted by Gasteiger charge is -2.23. The summed E-state index contributed by atoms with van der Waals surface area (Å²) in [6.45, 7) is 12.4. The maximum atomic E-state index is 4.30. The molecule has 0 aliphatic carbocycles. The Hall–Kier alpha value is -0.160. The second-order valence-corrected chi connectivity index (χ2v) is 8.17. The van der Waals surface area contributed by atoms with Crippen LogP contribution in [0.4, 0.5) is 0 Å². The number of rotatable bonds is 7. The van der Waals surface area contributed by atoms with E-state index in [0.29, 0.717) is 0 Å². The molecule has 1 aliphatic rings. The summed E-state index contributed by atoms with van der Waals surface area (Å²) in [7, 11) is -0.489. The van der Waals surface area contributed by atoms with E-state index in [0.717, 1.165) is 11.8 Å². The molecule has 2 heteroatoms. The van der Waals surface area contributed by atoms with Crippen LogP contribution in [0.25, 0.3) is 0 Å². The molecule has 1 heterocycles. The topological polar surface area (TPSA) is 3.24 Å². The van der Waals surface area contributed by atoms with Gasteiger partial charge in [-0.2, -0.15) is 0 Å². The van der Waals surface area contributed by atoms with Gasteiger partial charge in [0.15, 0.2) is 0 Å². The van der Waals surface area contributed by atoms with Crippen LogP contribution in [0.15, 0.2) is 12.3 Å². The van der Waals surface area contributed by atoms with Crippen molar-refractivity contribution >= 4 is 14.0 Å². The van der Waals surface area contributed by atoms with E-state index in [2.05, 4.69) is 38.3 Å². The minimum Gasteiger partial charge on any atom is -0.359 e. The Kier molecular flexibility index (Phi) is 6.41. The van der Waals surface area contributed by atoms with Crippen LogP contribution in [0.2, 0.25) is 0 Å². The summed E-state index contributed by atoms with van der Waals surface area (Å²) in [6, 6.07) is 0. The van der Waals surface area contributed by atoms with Crippen molar-refractivity contribution in [2.75, 3.05) is 12.7 Å². The molecule has 0 aromatic rings. The van der Waals surface area contributed by atoms with E-state index < -0.39 is 7.70 Å². The SMILES string of the molecule is C=C1CC[PH](=C)N1CCC(C)CCCC(C)C. The molecule has 0 amide bonds. The van der Waals surface area contributed by atoms with Gasteiger partial charge < -0.3 is 4.67 Å². The Morgan fingerprint density at radius 2 is 1.94 bits per heavy atom. The molecule has 17 heavy (non-hydrogen) atoms. The van der Waals surface area contributed by atoms with E-state index in [4.69, 9.17) is 0 Å². The Labute approximate surface area is 109 Å². The van der Waals surface area contributed by atoms with Crippen molar-refractivity contribution < 1.29 is 0 Å². The van der Waals surface area contributed by atoms with Crippen LogP contribution < -0.4 is 0 Å². The molecule has 1 rings (SSSR count). The van der Waals surface area contributed by atoms with Crippen LogP contribution in [-0.4, -0.2) is 23.7 Å². The fraction of sp³-hybridized carbons (Fsp3) is 0.800. The molecule has 2 atom stereocenters. The summed E-state index contributed by atoms with van der Waals surface area (Å²) in [5.41, 5.74) is 1.35. The lowest BCUT2D eigenvalue weighted by atomic mass is 9.97. The average molecular weight is 255 g/mol. The van der Waals surface area contributed by atoms with Gasteiger partial charge in [0.2, 0.25) is 0 Å². The molecule has 0 radical (unpaired) electrons. The zero-order valence-corrected chi connectivity index (χ0v) is 13.0. The predicted octanol–water partition coefficient (Wildman–Crippen LogP) is 4.62. The maximum absolute atomic E-state index is 4.30. The third-order valence-corrected chi connectivity index (χ3v) is 5.92. The first-order valence-electron chi connectivity index (χ1n) is 7.13. The third kappa shape index (κ3) is 5.34. The Morgan fingerprint density at radius 1 is 1.24 bits per heavy atom. The van der Waals surface area contributed by atoms with Gasteiger partial charge in [-0.05, 0) is 38.5 Å². The van der Waals surface area contributed by atoms with Crippen molar-refractivity contribution in [2.24, 2.45) is 11.8 Å². The molecule has 0 bridgehead atoms. The second-order valence-electron chi connectivity index (χ2n) is 6.00. The molecule has 0 aromatic heterocycles. The van der Waals surface area contributed by atoms with Gasteiger partial charge in [0.05, 0.1) is 0 Å². The van der Waals surface area contributed by atoms with Crippen molar-refractivity contribution in [3.8, 4) is 0 Å². The van der Waals surface area contributed by atoms with Gasteiger partial charge in [-0.1, -0.05) is 52.9 Å². The van der Waals surface area contributed by atoms with Crippen LogP contribution in [-0.2, 0) is 0 Å². The number of nitrogens with zero attached hydrogens (tertiary/aromatic N) is 1. The van der Waals surface area contributed by atoms with Crippen LogP contribution in [0.5, 0.6) is 0 Å². The summed E-state index contributed by atoms with van der Waals surface area (Å²) < 4.78 is 2.52. The molecule has 1 aliphatic heterocycles. The molecular weight excluding hydrogens is 225 g/mol.